The van der Waals surface area contributed by atoms with Gasteiger partial charge in [-0.3, -0.25) is 24.6 Å². The standard InChI is InChI=1S/C20H18N6O8S2.Na/c1-33-24-13(11-7-36-20(21)22-11)16(27)23-14-17(28)25-15(19(29)30)12(8-35-18(14)25)34-6-9-2-4-10(5-3-9)26(31)32;/h2-5,7,14,18H,6,8H2,1H3,(H2,21,22)(H,23,27)(H,29,30);/q;+1/p-1/b24-13-;/t14-,18+;/m1./s1. The molecule has 2 aliphatic rings. The molecule has 2 amide bonds. The van der Waals surface area contributed by atoms with Gasteiger partial charge in [0.05, 0.1) is 16.6 Å². The van der Waals surface area contributed by atoms with Crippen LogP contribution in [0.3, 0.4) is 0 Å². The molecular formula is C20H17N6NaO8S2. The number of thiazole rings is 1. The van der Waals surface area contributed by atoms with Crippen LogP contribution in [-0.2, 0) is 30.6 Å². The van der Waals surface area contributed by atoms with Gasteiger partial charge in [-0.1, -0.05) is 5.16 Å². The molecule has 3 heterocycles. The third kappa shape index (κ3) is 5.88. The largest absolute Gasteiger partial charge is 1.00 e. The molecule has 2 atom stereocenters. The van der Waals surface area contributed by atoms with Gasteiger partial charge < -0.3 is 30.5 Å². The fourth-order valence-corrected chi connectivity index (χ4v) is 5.30. The molecule has 0 spiro atoms. The van der Waals surface area contributed by atoms with Gasteiger partial charge in [-0.25, -0.2) is 4.98 Å². The molecule has 0 unspecified atom stereocenters. The molecule has 17 heteroatoms. The Bertz CT molecular complexity index is 1300. The summed E-state index contributed by atoms with van der Waals surface area (Å²) < 4.78 is 5.62. The number of non-ortho nitro benzene ring substituents is 1. The number of nitrogens with two attached hydrogens (primary N) is 1. The number of hydrogen-bond acceptors (Lipinski definition) is 13. The summed E-state index contributed by atoms with van der Waals surface area (Å²) in [4.78, 5) is 57.4. The maximum atomic E-state index is 12.8. The van der Waals surface area contributed by atoms with Crippen molar-refractivity contribution >= 4 is 57.4 Å². The van der Waals surface area contributed by atoms with E-state index in [2.05, 4.69) is 15.5 Å². The number of nitrogens with one attached hydrogen (secondary N) is 1. The van der Waals surface area contributed by atoms with Gasteiger partial charge >= 0.3 is 29.6 Å². The number of nitro benzene ring substituents is 1. The van der Waals surface area contributed by atoms with Crippen molar-refractivity contribution in [2.75, 3.05) is 18.6 Å². The van der Waals surface area contributed by atoms with E-state index < -0.39 is 39.8 Å². The predicted octanol–water partition coefficient (Wildman–Crippen LogP) is -3.43. The normalized spacial score (nSPS) is 18.8. The molecule has 37 heavy (non-hydrogen) atoms. The Kier molecular flexibility index (Phi) is 9.14. The van der Waals surface area contributed by atoms with Crippen LogP contribution in [0.25, 0.3) is 0 Å². The number of aromatic nitrogens is 1. The van der Waals surface area contributed by atoms with Crippen LogP contribution in [-0.4, -0.2) is 62.6 Å². The number of nitro groups is 1. The Morgan fingerprint density at radius 2 is 2.05 bits per heavy atom. The Morgan fingerprint density at radius 1 is 1.35 bits per heavy atom. The van der Waals surface area contributed by atoms with Gasteiger partial charge in [0.1, 0.15) is 42.3 Å². The maximum absolute atomic E-state index is 12.8. The summed E-state index contributed by atoms with van der Waals surface area (Å²) in [6, 6.07) is 4.51. The molecule has 2 aromatic rings. The third-order valence-corrected chi connectivity index (χ3v) is 7.06. The number of aliphatic carboxylic acids is 1. The molecule has 1 aromatic heterocycles. The summed E-state index contributed by atoms with van der Waals surface area (Å²) in [6.45, 7) is -0.0782. The van der Waals surface area contributed by atoms with Crippen LogP contribution < -0.4 is 45.7 Å². The summed E-state index contributed by atoms with van der Waals surface area (Å²) in [5.74, 6) is -2.95. The fraction of sp³-hybridized carbons (Fsp3) is 0.250. The topological polar surface area (TPSA) is 202 Å². The van der Waals surface area contributed by atoms with Crippen molar-refractivity contribution in [1.29, 1.82) is 0 Å². The van der Waals surface area contributed by atoms with E-state index in [1.54, 1.807) is 0 Å². The zero-order valence-corrected chi connectivity index (χ0v) is 23.0. The number of fused-ring (bicyclic) bond motifs is 1. The van der Waals surface area contributed by atoms with E-state index in [1.807, 2.05) is 0 Å². The van der Waals surface area contributed by atoms with Crippen LogP contribution in [0.4, 0.5) is 10.8 Å². The first kappa shape index (κ1) is 28.4. The van der Waals surface area contributed by atoms with Gasteiger partial charge in [0.25, 0.3) is 17.5 Å². The average Bonchev–Trinajstić information content (AvgIpc) is 3.29. The number of carbonyl (C=O) groups is 3. The van der Waals surface area contributed by atoms with Crippen molar-refractivity contribution in [3.05, 3.63) is 62.5 Å². The first-order chi connectivity index (χ1) is 17.2. The van der Waals surface area contributed by atoms with Crippen molar-refractivity contribution in [3.8, 4) is 0 Å². The van der Waals surface area contributed by atoms with E-state index in [0.717, 1.165) is 16.2 Å². The van der Waals surface area contributed by atoms with Crippen LogP contribution in [0.5, 0.6) is 0 Å². The number of thioether (sulfide) groups is 1. The van der Waals surface area contributed by atoms with Gasteiger partial charge in [0.15, 0.2) is 10.8 Å². The van der Waals surface area contributed by atoms with E-state index in [1.165, 1.54) is 48.5 Å². The number of benzene rings is 1. The molecule has 4 rings (SSSR count). The van der Waals surface area contributed by atoms with E-state index in [0.29, 0.717) is 5.56 Å². The first-order valence-corrected chi connectivity index (χ1v) is 12.0. The number of hydrogen-bond donors (Lipinski definition) is 2. The first-order valence-electron chi connectivity index (χ1n) is 10.1. The smallest absolute Gasteiger partial charge is 0.543 e. The quantitative estimate of drug-likeness (QED) is 0.102. The maximum Gasteiger partial charge on any atom is 1.00 e. The monoisotopic (exact) mass is 556 g/mol. The molecule has 1 fully saturated rings. The number of rotatable bonds is 9. The van der Waals surface area contributed by atoms with Crippen molar-refractivity contribution in [2.24, 2.45) is 5.16 Å². The molecule has 1 aromatic carbocycles. The van der Waals surface area contributed by atoms with Gasteiger partial charge in [-0.2, -0.15) is 0 Å². The summed E-state index contributed by atoms with van der Waals surface area (Å²) in [5.41, 5.74) is 5.60. The number of ether oxygens (including phenoxy) is 1. The van der Waals surface area contributed by atoms with Crippen molar-refractivity contribution in [2.45, 2.75) is 18.0 Å². The van der Waals surface area contributed by atoms with Crippen LogP contribution in [0.1, 0.15) is 11.3 Å². The predicted molar refractivity (Wildman–Crippen MR) is 125 cm³/mol. The van der Waals surface area contributed by atoms with Crippen LogP contribution >= 0.6 is 23.1 Å². The minimum Gasteiger partial charge on any atom is -0.543 e. The molecule has 188 valence electrons. The zero-order chi connectivity index (χ0) is 26.0. The van der Waals surface area contributed by atoms with Crippen LogP contribution in [0, 0.1) is 10.1 Å². The van der Waals surface area contributed by atoms with Crippen LogP contribution in [0.15, 0.2) is 46.3 Å². The Hall–Kier alpha value is -3.18. The van der Waals surface area contributed by atoms with Gasteiger partial charge in [-0.15, -0.1) is 23.1 Å². The number of carboxylic acids is 1. The molecule has 0 bridgehead atoms. The number of nitrogens with zero attached hydrogens (tertiary/aromatic N) is 4. The molecule has 1 saturated heterocycles. The second-order valence-corrected chi connectivity index (χ2v) is 9.32. The van der Waals surface area contributed by atoms with E-state index >= 15 is 0 Å². The summed E-state index contributed by atoms with van der Waals surface area (Å²) in [5, 5.41) is 29.8. The Labute approximate surface area is 239 Å². The number of anilines is 1. The second-order valence-electron chi connectivity index (χ2n) is 7.33. The summed E-state index contributed by atoms with van der Waals surface area (Å²) in [6.07, 6.45) is 0. The van der Waals surface area contributed by atoms with Gasteiger partial charge in [-0.05, 0) is 17.7 Å². The molecule has 3 N–H and O–H groups in total. The zero-order valence-electron chi connectivity index (χ0n) is 19.4. The number of oxime groups is 1. The van der Waals surface area contributed by atoms with Gasteiger partial charge in [0.2, 0.25) is 0 Å². The molecule has 14 nitrogen and oxygen atoms in total. The molecule has 0 aliphatic carbocycles. The number of β-lactam (4-membered cyclic amide) rings is 1. The van der Waals surface area contributed by atoms with Crippen molar-refractivity contribution in [1.82, 2.24) is 15.2 Å². The number of carbonyl (C=O) groups excluding carboxylic acids is 3. The molecule has 0 radical (unpaired) electrons. The minimum atomic E-state index is -1.61. The number of amides is 2. The molecule has 0 saturated carbocycles. The van der Waals surface area contributed by atoms with E-state index in [-0.39, 0.29) is 69.9 Å². The van der Waals surface area contributed by atoms with E-state index in [4.69, 9.17) is 15.3 Å². The Balaban J connectivity index is 0.00000380. The number of nitrogen functional groups attached to an aromatic ring is 1. The van der Waals surface area contributed by atoms with Crippen LogP contribution in [0.2, 0.25) is 0 Å². The Morgan fingerprint density at radius 3 is 2.62 bits per heavy atom. The average molecular weight is 557 g/mol. The van der Waals surface area contributed by atoms with Gasteiger partial charge in [0, 0.05) is 17.5 Å². The van der Waals surface area contributed by atoms with Crippen molar-refractivity contribution < 1.29 is 63.5 Å². The summed E-state index contributed by atoms with van der Waals surface area (Å²) >= 11 is 2.28. The SMILES string of the molecule is CO/N=C(\C(=O)N[C@@H]1C(=O)N2C(C(=O)[O-])=C(OCc3ccc([N+](=O)[O-])cc3)CS[C@@H]12)c1csc(N)n1.[Na+]. The minimum absolute atomic E-state index is 0. The van der Waals surface area contributed by atoms with Crippen molar-refractivity contribution in [3.63, 3.8) is 0 Å². The third-order valence-electron chi connectivity index (χ3n) is 5.14. The summed E-state index contributed by atoms with van der Waals surface area (Å²) in [7, 11) is 1.24. The molecular weight excluding hydrogens is 539 g/mol. The number of carboxylic acid groups (broad SMARTS) is 1. The van der Waals surface area contributed by atoms with E-state index in [9.17, 15) is 29.6 Å². The molecule has 2 aliphatic heterocycles. The second kappa shape index (κ2) is 11.9. The fourth-order valence-electron chi connectivity index (χ4n) is 3.48.